The molecule has 0 spiro atoms. The van der Waals surface area contributed by atoms with Gasteiger partial charge in [0, 0.05) is 19.5 Å². The van der Waals surface area contributed by atoms with Gasteiger partial charge in [-0.2, -0.15) is 0 Å². The zero-order valence-corrected chi connectivity index (χ0v) is 17.2. The first-order valence-corrected chi connectivity index (χ1v) is 10.5. The molecule has 1 aromatic heterocycles. The molecule has 2 amide bonds. The summed E-state index contributed by atoms with van der Waals surface area (Å²) in [6.45, 7) is 2.67. The molecule has 5 nitrogen and oxygen atoms in total. The molecule has 7 heteroatoms. The molecule has 0 saturated carbocycles. The number of nitrogens with one attached hydrogen (secondary N) is 1. The first-order chi connectivity index (χ1) is 14.0. The molecule has 0 aliphatic carbocycles. The second-order valence-corrected chi connectivity index (χ2v) is 7.86. The number of hydrogen-bond donors (Lipinski definition) is 1. The summed E-state index contributed by atoms with van der Waals surface area (Å²) in [4.78, 5) is 30.8. The van der Waals surface area contributed by atoms with Crippen molar-refractivity contribution in [3.8, 4) is 0 Å². The molecule has 2 aromatic carbocycles. The Bertz CT molecular complexity index is 939. The van der Waals surface area contributed by atoms with Crippen LogP contribution in [-0.4, -0.2) is 34.8 Å². The largest absolute Gasteiger partial charge is 0.350 e. The Morgan fingerprint density at radius 1 is 1.14 bits per heavy atom. The van der Waals surface area contributed by atoms with Crippen LogP contribution >= 0.6 is 11.3 Å². The Morgan fingerprint density at radius 2 is 1.90 bits per heavy atom. The fourth-order valence-electron chi connectivity index (χ4n) is 2.98. The van der Waals surface area contributed by atoms with E-state index in [1.807, 2.05) is 31.2 Å². The molecule has 0 unspecified atom stereocenters. The number of carbonyl (C=O) groups excluding carboxylic acids is 2. The Morgan fingerprint density at radius 3 is 2.62 bits per heavy atom. The highest BCUT2D eigenvalue weighted by molar-refractivity contribution is 7.18. The lowest BCUT2D eigenvalue weighted by Gasteiger charge is -2.20. The van der Waals surface area contributed by atoms with Crippen molar-refractivity contribution in [2.24, 2.45) is 0 Å². The van der Waals surface area contributed by atoms with Crippen LogP contribution in [0.1, 0.15) is 30.3 Å². The smallest absolute Gasteiger partial charge is 0.239 e. The maximum atomic E-state index is 12.9. The average molecular weight is 414 g/mol. The van der Waals surface area contributed by atoms with E-state index in [1.165, 1.54) is 12.1 Å². The predicted molar refractivity (Wildman–Crippen MR) is 113 cm³/mol. The lowest BCUT2D eigenvalue weighted by molar-refractivity contribution is -0.136. The zero-order chi connectivity index (χ0) is 20.6. The molecule has 0 radical (unpaired) electrons. The van der Waals surface area contributed by atoms with Crippen molar-refractivity contribution in [1.82, 2.24) is 15.2 Å². The van der Waals surface area contributed by atoms with E-state index in [0.29, 0.717) is 25.9 Å². The second kappa shape index (κ2) is 10.1. The molecule has 29 heavy (non-hydrogen) atoms. The topological polar surface area (TPSA) is 62.3 Å². The molecule has 3 aromatic rings. The number of benzene rings is 2. The molecule has 1 N–H and O–H groups in total. The van der Waals surface area contributed by atoms with Crippen molar-refractivity contribution in [1.29, 1.82) is 0 Å². The molecule has 0 saturated heterocycles. The van der Waals surface area contributed by atoms with Crippen LogP contribution in [-0.2, 0) is 22.6 Å². The number of nitrogens with zero attached hydrogens (tertiary/aromatic N) is 2. The van der Waals surface area contributed by atoms with Crippen molar-refractivity contribution in [2.45, 2.75) is 32.7 Å². The number of carbonyl (C=O) groups is 2. The summed E-state index contributed by atoms with van der Waals surface area (Å²) in [5, 5.41) is 3.80. The third-order valence-electron chi connectivity index (χ3n) is 4.59. The number of likely N-dealkylation sites (N-methyl/N-ethyl adjacent to an activating group) is 1. The number of amides is 2. The van der Waals surface area contributed by atoms with Gasteiger partial charge in [-0.3, -0.25) is 9.59 Å². The number of rotatable bonds is 9. The maximum absolute atomic E-state index is 12.9. The third kappa shape index (κ3) is 6.09. The number of halogens is 1. The Labute approximate surface area is 173 Å². The van der Waals surface area contributed by atoms with Crippen LogP contribution in [0.4, 0.5) is 4.39 Å². The van der Waals surface area contributed by atoms with E-state index < -0.39 is 0 Å². The molecule has 1 heterocycles. The number of para-hydroxylation sites is 1. The van der Waals surface area contributed by atoms with Gasteiger partial charge in [0.05, 0.1) is 21.8 Å². The van der Waals surface area contributed by atoms with Crippen molar-refractivity contribution in [3.63, 3.8) is 0 Å². The number of thiazole rings is 1. The zero-order valence-electron chi connectivity index (χ0n) is 16.4. The molecular formula is C22H24FN3O2S. The summed E-state index contributed by atoms with van der Waals surface area (Å²) in [5.74, 6) is -0.574. The Balaban J connectivity index is 1.42. The molecule has 0 fully saturated rings. The van der Waals surface area contributed by atoms with Gasteiger partial charge in [-0.05, 0) is 49.6 Å². The van der Waals surface area contributed by atoms with E-state index in [1.54, 1.807) is 28.4 Å². The van der Waals surface area contributed by atoms with Crippen LogP contribution in [0.25, 0.3) is 10.2 Å². The molecule has 0 bridgehead atoms. The molecule has 3 rings (SSSR count). The number of aromatic nitrogens is 1. The highest BCUT2D eigenvalue weighted by Gasteiger charge is 2.15. The fraction of sp³-hybridized carbons (Fsp3) is 0.318. The van der Waals surface area contributed by atoms with Gasteiger partial charge in [-0.1, -0.05) is 24.3 Å². The molecule has 152 valence electrons. The van der Waals surface area contributed by atoms with E-state index >= 15 is 0 Å². The van der Waals surface area contributed by atoms with Crippen molar-refractivity contribution in [3.05, 3.63) is 64.9 Å². The van der Waals surface area contributed by atoms with E-state index in [0.717, 1.165) is 27.2 Å². The minimum atomic E-state index is -0.311. The summed E-state index contributed by atoms with van der Waals surface area (Å²) in [6, 6.07) is 14.0. The normalized spacial score (nSPS) is 10.8. The van der Waals surface area contributed by atoms with Crippen LogP contribution in [0.2, 0.25) is 0 Å². The standard InChI is InChI=1S/C22H24FN3O2S/c1-2-26(15-20(27)24-14-16-10-12-17(23)13-11-16)22(28)9-5-8-21-25-18-6-3-4-7-19(18)29-21/h3-4,6-7,10-13H,2,5,8-9,14-15H2,1H3,(H,24,27). The van der Waals surface area contributed by atoms with Gasteiger partial charge in [0.2, 0.25) is 11.8 Å². The van der Waals surface area contributed by atoms with Crippen LogP contribution in [0.5, 0.6) is 0 Å². The number of aryl methyl sites for hydroxylation is 1. The van der Waals surface area contributed by atoms with Gasteiger partial charge in [0.25, 0.3) is 0 Å². The van der Waals surface area contributed by atoms with Gasteiger partial charge >= 0.3 is 0 Å². The van der Waals surface area contributed by atoms with Crippen molar-refractivity contribution >= 4 is 33.4 Å². The minimum absolute atomic E-state index is 0.0255. The number of fused-ring (bicyclic) bond motifs is 1. The summed E-state index contributed by atoms with van der Waals surface area (Å²) >= 11 is 1.66. The van der Waals surface area contributed by atoms with Crippen LogP contribution in [0, 0.1) is 5.82 Å². The third-order valence-corrected chi connectivity index (χ3v) is 5.69. The highest BCUT2D eigenvalue weighted by Crippen LogP contribution is 2.22. The molecule has 0 aliphatic rings. The predicted octanol–water partition coefficient (Wildman–Crippen LogP) is 3.92. The fourth-order valence-corrected chi connectivity index (χ4v) is 3.99. The van der Waals surface area contributed by atoms with Crippen LogP contribution in [0.3, 0.4) is 0 Å². The quantitative estimate of drug-likeness (QED) is 0.578. The van der Waals surface area contributed by atoms with Gasteiger partial charge < -0.3 is 10.2 Å². The molecular weight excluding hydrogens is 389 g/mol. The highest BCUT2D eigenvalue weighted by atomic mass is 32.1. The molecule has 0 atom stereocenters. The van der Waals surface area contributed by atoms with Crippen LogP contribution < -0.4 is 5.32 Å². The lowest BCUT2D eigenvalue weighted by atomic mass is 10.2. The van der Waals surface area contributed by atoms with E-state index in [4.69, 9.17) is 0 Å². The maximum Gasteiger partial charge on any atom is 0.239 e. The second-order valence-electron chi connectivity index (χ2n) is 6.74. The first-order valence-electron chi connectivity index (χ1n) is 9.68. The summed E-state index contributed by atoms with van der Waals surface area (Å²) in [6.07, 6.45) is 1.83. The summed E-state index contributed by atoms with van der Waals surface area (Å²) < 4.78 is 14.1. The first kappa shape index (κ1) is 20.9. The molecule has 0 aliphatic heterocycles. The SMILES string of the molecule is CCN(CC(=O)NCc1ccc(F)cc1)C(=O)CCCc1nc2ccccc2s1. The average Bonchev–Trinajstić information content (AvgIpc) is 3.14. The van der Waals surface area contributed by atoms with E-state index in [2.05, 4.69) is 10.3 Å². The Kier molecular flexibility index (Phi) is 7.30. The Hall–Kier alpha value is -2.80. The van der Waals surface area contributed by atoms with Crippen LogP contribution in [0.15, 0.2) is 48.5 Å². The monoisotopic (exact) mass is 413 g/mol. The summed E-state index contributed by atoms with van der Waals surface area (Å²) in [5.41, 5.74) is 1.80. The summed E-state index contributed by atoms with van der Waals surface area (Å²) in [7, 11) is 0. The lowest BCUT2D eigenvalue weighted by Crippen LogP contribution is -2.40. The van der Waals surface area contributed by atoms with Gasteiger partial charge in [0.1, 0.15) is 5.82 Å². The van der Waals surface area contributed by atoms with E-state index in [9.17, 15) is 14.0 Å². The van der Waals surface area contributed by atoms with Crippen molar-refractivity contribution in [2.75, 3.05) is 13.1 Å². The van der Waals surface area contributed by atoms with Gasteiger partial charge in [-0.25, -0.2) is 9.37 Å². The van der Waals surface area contributed by atoms with E-state index in [-0.39, 0.29) is 24.2 Å². The van der Waals surface area contributed by atoms with Crippen molar-refractivity contribution < 1.29 is 14.0 Å². The minimum Gasteiger partial charge on any atom is -0.350 e. The van der Waals surface area contributed by atoms with Gasteiger partial charge in [0.15, 0.2) is 0 Å². The number of hydrogen-bond acceptors (Lipinski definition) is 4. The van der Waals surface area contributed by atoms with Gasteiger partial charge in [-0.15, -0.1) is 11.3 Å².